The van der Waals surface area contributed by atoms with Gasteiger partial charge >= 0.3 is 0 Å². The van der Waals surface area contributed by atoms with E-state index >= 15 is 0 Å². The minimum atomic E-state index is 0.489. The average Bonchev–Trinajstić information content (AvgIpc) is 1.81. The summed E-state index contributed by atoms with van der Waals surface area (Å²) in [7, 11) is 1.78. The van der Waals surface area contributed by atoms with Gasteiger partial charge in [-0.25, -0.2) is 0 Å². The van der Waals surface area contributed by atoms with Crippen LogP contribution in [0.2, 0.25) is 0 Å². The van der Waals surface area contributed by atoms with E-state index < -0.39 is 0 Å². The van der Waals surface area contributed by atoms with Gasteiger partial charge in [0, 0.05) is 6.72 Å². The van der Waals surface area contributed by atoms with Crippen LogP contribution in [0.3, 0.4) is 0 Å². The van der Waals surface area contributed by atoms with E-state index in [1.807, 2.05) is 0 Å². The second kappa shape index (κ2) is 6.03. The summed E-state index contributed by atoms with van der Waals surface area (Å²) in [5.41, 5.74) is 2.22. The molecule has 0 saturated heterocycles. The molecule has 0 spiro atoms. The van der Waals surface area contributed by atoms with Gasteiger partial charge in [-0.15, -0.1) is 0 Å². The number of rotatable bonds is 4. The van der Waals surface area contributed by atoms with E-state index in [2.05, 4.69) is 33.0 Å². The summed E-state index contributed by atoms with van der Waals surface area (Å²) in [6.45, 7) is 3.61. The first kappa shape index (κ1) is 7.03. The summed E-state index contributed by atoms with van der Waals surface area (Å²) in [5.74, 6) is 0. The fraction of sp³-hybridized carbons (Fsp3) is 0.667. The molecule has 0 aliphatic heterocycles. The second-order valence-electron chi connectivity index (χ2n) is 1.01. The lowest BCUT2D eigenvalue weighted by Gasteiger charge is -1.85. The van der Waals surface area contributed by atoms with E-state index in [0.717, 1.165) is 0 Å². The monoisotopic (exact) mass is 115 g/mol. The molecule has 8 heavy (non-hydrogen) atoms. The lowest BCUT2D eigenvalue weighted by Crippen LogP contribution is -2.04. The third kappa shape index (κ3) is 5.03. The minimum absolute atomic E-state index is 0.489. The first-order valence-electron chi connectivity index (χ1n) is 2.13. The molecule has 0 aromatic rings. The van der Waals surface area contributed by atoms with Crippen molar-refractivity contribution in [3.05, 3.63) is 0 Å². The Hall–Kier alpha value is -0.970. The van der Waals surface area contributed by atoms with Crippen molar-refractivity contribution in [2.75, 3.05) is 13.7 Å². The van der Waals surface area contributed by atoms with Gasteiger partial charge in [0.25, 0.3) is 0 Å². The largest absolute Gasteiger partial charge is 0.300 e. The molecule has 0 atom stereocenters. The predicted octanol–water partition coefficient (Wildman–Crippen LogP) is -0.264. The van der Waals surface area contributed by atoms with Crippen molar-refractivity contribution in [3.8, 4) is 0 Å². The summed E-state index contributed by atoms with van der Waals surface area (Å²) in [5, 5.41) is 12.9. The summed E-state index contributed by atoms with van der Waals surface area (Å²) in [6, 6.07) is 0. The molecule has 0 aromatic heterocycles. The maximum absolute atomic E-state index is 3.55. The Balaban J connectivity index is 2.94. The maximum Gasteiger partial charge on any atom is 0.112 e. The fourth-order valence-electron chi connectivity index (χ4n) is 0.169. The molecule has 0 aromatic carbocycles. The maximum atomic E-state index is 3.55. The Bertz CT molecular complexity index is 77.7. The van der Waals surface area contributed by atoms with Crippen molar-refractivity contribution in [1.82, 2.24) is 10.9 Å². The Morgan fingerprint density at radius 1 is 1.62 bits per heavy atom. The van der Waals surface area contributed by atoms with Crippen LogP contribution in [0, 0.1) is 0 Å². The molecular weight excluding hydrogens is 106 g/mol. The third-order valence-electron chi connectivity index (χ3n) is 0.415. The van der Waals surface area contributed by atoms with Crippen LogP contribution in [-0.2, 0) is 0 Å². The number of hydrazone groups is 1. The fourth-order valence-corrected chi connectivity index (χ4v) is 0.169. The van der Waals surface area contributed by atoms with Crippen LogP contribution >= 0.6 is 0 Å². The molecule has 0 fully saturated rings. The number of hydrogen-bond donors (Lipinski definition) is 2. The SMILES string of the molecule is C=NN/N=N\CNC. The van der Waals surface area contributed by atoms with Crippen LogP contribution in [0.15, 0.2) is 15.4 Å². The van der Waals surface area contributed by atoms with E-state index in [9.17, 15) is 0 Å². The highest BCUT2D eigenvalue weighted by Gasteiger charge is 1.66. The molecule has 46 valence electrons. The third-order valence-corrected chi connectivity index (χ3v) is 0.415. The van der Waals surface area contributed by atoms with E-state index in [4.69, 9.17) is 0 Å². The van der Waals surface area contributed by atoms with E-state index in [1.54, 1.807) is 7.05 Å². The molecule has 0 aliphatic rings. The Morgan fingerprint density at radius 3 is 2.88 bits per heavy atom. The van der Waals surface area contributed by atoms with Gasteiger partial charge in [-0.1, -0.05) is 5.22 Å². The molecule has 5 heteroatoms. The van der Waals surface area contributed by atoms with Crippen molar-refractivity contribution in [2.45, 2.75) is 0 Å². The van der Waals surface area contributed by atoms with Crippen LogP contribution in [-0.4, -0.2) is 20.4 Å². The van der Waals surface area contributed by atoms with Crippen molar-refractivity contribution < 1.29 is 0 Å². The van der Waals surface area contributed by atoms with Gasteiger partial charge in [-0.05, 0) is 7.05 Å². The normalized spacial score (nSPS) is 9.62. The molecule has 0 radical (unpaired) electrons. The molecule has 0 aliphatic carbocycles. The molecular formula is C3H9N5. The summed E-state index contributed by atoms with van der Waals surface area (Å²) in [6.07, 6.45) is 0. The molecule has 0 bridgehead atoms. The molecule has 0 rings (SSSR count). The van der Waals surface area contributed by atoms with Gasteiger partial charge in [0.15, 0.2) is 0 Å². The number of nitrogens with zero attached hydrogens (tertiary/aromatic N) is 3. The second-order valence-corrected chi connectivity index (χ2v) is 1.01. The van der Waals surface area contributed by atoms with Crippen molar-refractivity contribution in [3.63, 3.8) is 0 Å². The molecule has 0 heterocycles. The van der Waals surface area contributed by atoms with Crippen LogP contribution in [0.25, 0.3) is 0 Å². The highest BCUT2D eigenvalue weighted by Crippen LogP contribution is 1.63. The standard InChI is InChI=1S/C3H9N5/c1-4-3-6-8-7-5-2/h4H,2-3H2,1H3,(H,6,7). The average molecular weight is 115 g/mol. The summed E-state index contributed by atoms with van der Waals surface area (Å²) < 4.78 is 0. The van der Waals surface area contributed by atoms with Crippen LogP contribution in [0.1, 0.15) is 0 Å². The zero-order valence-electron chi connectivity index (χ0n) is 4.76. The highest BCUT2D eigenvalue weighted by atomic mass is 15.6. The smallest absolute Gasteiger partial charge is 0.112 e. The topological polar surface area (TPSA) is 61.1 Å². The van der Waals surface area contributed by atoms with Gasteiger partial charge < -0.3 is 0 Å². The zero-order chi connectivity index (χ0) is 6.24. The summed E-state index contributed by atoms with van der Waals surface area (Å²) in [4.78, 5) is 0. The van der Waals surface area contributed by atoms with E-state index in [-0.39, 0.29) is 0 Å². The lowest BCUT2D eigenvalue weighted by atomic mass is 11.1. The molecule has 0 unspecified atom stereocenters. The summed E-state index contributed by atoms with van der Waals surface area (Å²) >= 11 is 0. The van der Waals surface area contributed by atoms with Crippen molar-refractivity contribution in [2.24, 2.45) is 15.4 Å². The molecule has 2 N–H and O–H groups in total. The van der Waals surface area contributed by atoms with Crippen LogP contribution < -0.4 is 10.9 Å². The van der Waals surface area contributed by atoms with E-state index in [1.165, 1.54) is 0 Å². The van der Waals surface area contributed by atoms with Crippen LogP contribution in [0.5, 0.6) is 0 Å². The molecule has 0 amide bonds. The minimum Gasteiger partial charge on any atom is -0.300 e. The van der Waals surface area contributed by atoms with Crippen molar-refractivity contribution in [1.29, 1.82) is 0 Å². The van der Waals surface area contributed by atoms with Crippen LogP contribution in [0.4, 0.5) is 0 Å². The van der Waals surface area contributed by atoms with Gasteiger partial charge in [-0.3, -0.25) is 5.32 Å². The van der Waals surface area contributed by atoms with Gasteiger partial charge in [-0.2, -0.15) is 15.8 Å². The Labute approximate surface area is 47.9 Å². The molecule has 5 nitrogen and oxygen atoms in total. The van der Waals surface area contributed by atoms with Gasteiger partial charge in [0.05, 0.1) is 0 Å². The Kier molecular flexibility index (Phi) is 5.30. The predicted molar refractivity (Wildman–Crippen MR) is 31.5 cm³/mol. The van der Waals surface area contributed by atoms with Crippen molar-refractivity contribution >= 4 is 6.72 Å². The highest BCUT2D eigenvalue weighted by molar-refractivity contribution is 5.21. The first-order valence-corrected chi connectivity index (χ1v) is 2.13. The Morgan fingerprint density at radius 2 is 2.38 bits per heavy atom. The zero-order valence-corrected chi connectivity index (χ0v) is 4.76. The number of hydrogen-bond acceptors (Lipinski definition) is 4. The van der Waals surface area contributed by atoms with Gasteiger partial charge in [0.2, 0.25) is 0 Å². The quantitative estimate of drug-likeness (QED) is 0.301. The van der Waals surface area contributed by atoms with E-state index in [0.29, 0.717) is 6.67 Å². The first-order chi connectivity index (χ1) is 3.91. The lowest BCUT2D eigenvalue weighted by molar-refractivity contribution is 0.682. The molecule has 0 saturated carbocycles. The number of nitrogens with one attached hydrogen (secondary N) is 2. The van der Waals surface area contributed by atoms with Gasteiger partial charge in [0.1, 0.15) is 6.67 Å².